The minimum absolute atomic E-state index is 0.0796. The van der Waals surface area contributed by atoms with Crippen molar-refractivity contribution in [3.8, 4) is 0 Å². The maximum atomic E-state index is 10.9. The molecule has 0 heterocycles. The van der Waals surface area contributed by atoms with Gasteiger partial charge in [-0.25, -0.2) is 13.1 Å². The highest BCUT2D eigenvalue weighted by Crippen LogP contribution is 1.90. The Morgan fingerprint density at radius 1 is 1.50 bits per heavy atom. The van der Waals surface area contributed by atoms with E-state index in [-0.39, 0.29) is 18.2 Å². The Hall–Kier alpha value is -0.330. The van der Waals surface area contributed by atoms with Crippen LogP contribution in [-0.2, 0) is 14.8 Å². The van der Waals surface area contributed by atoms with Crippen LogP contribution in [0.4, 0.5) is 0 Å². The molecule has 0 bridgehead atoms. The van der Waals surface area contributed by atoms with Gasteiger partial charge in [0.25, 0.3) is 0 Å². The summed E-state index contributed by atoms with van der Waals surface area (Å²) in [6, 6.07) is 0. The molecule has 0 radical (unpaired) electrons. The molecule has 72 valence electrons. The number of alkyl halides is 1. The molecule has 0 unspecified atom stereocenters. The molecule has 0 saturated carbocycles. The van der Waals surface area contributed by atoms with E-state index >= 15 is 0 Å². The van der Waals surface area contributed by atoms with Gasteiger partial charge >= 0.3 is 0 Å². The fourth-order valence-electron chi connectivity index (χ4n) is 0.498. The molecule has 12 heavy (non-hydrogen) atoms. The summed E-state index contributed by atoms with van der Waals surface area (Å²) in [5.74, 6) is -0.509. The van der Waals surface area contributed by atoms with Crippen LogP contribution in [0.3, 0.4) is 0 Å². The first-order chi connectivity index (χ1) is 5.48. The van der Waals surface area contributed by atoms with E-state index in [1.54, 1.807) is 0 Å². The zero-order valence-electron chi connectivity index (χ0n) is 6.42. The lowest BCUT2D eigenvalue weighted by molar-refractivity contribution is -0.116. The number of halogens is 1. The second-order valence-corrected chi connectivity index (χ2v) is 4.45. The van der Waals surface area contributed by atoms with Crippen molar-refractivity contribution in [2.24, 2.45) is 5.73 Å². The van der Waals surface area contributed by atoms with Crippen molar-refractivity contribution < 1.29 is 13.2 Å². The number of nitrogens with one attached hydrogen (secondary N) is 1. The summed E-state index contributed by atoms with van der Waals surface area (Å²) in [5.41, 5.74) is 4.74. The summed E-state index contributed by atoms with van der Waals surface area (Å²) in [4.78, 5) is 10.2. The molecule has 5 nitrogen and oxygen atoms in total. The third-order valence-electron chi connectivity index (χ3n) is 1.01. The molecular formula is C5H11ClN2O3S. The number of amides is 1. The molecule has 0 atom stereocenters. The van der Waals surface area contributed by atoms with Crippen LogP contribution in [0, 0.1) is 0 Å². The van der Waals surface area contributed by atoms with E-state index in [0.29, 0.717) is 6.42 Å². The Bertz CT molecular complexity index is 239. The van der Waals surface area contributed by atoms with E-state index in [2.05, 4.69) is 0 Å². The Balaban J connectivity index is 3.80. The zero-order valence-corrected chi connectivity index (χ0v) is 7.99. The summed E-state index contributed by atoms with van der Waals surface area (Å²) >= 11 is 5.29. The van der Waals surface area contributed by atoms with Crippen molar-refractivity contribution >= 4 is 27.5 Å². The fourth-order valence-corrected chi connectivity index (χ4v) is 1.82. The van der Waals surface area contributed by atoms with Crippen LogP contribution in [0.25, 0.3) is 0 Å². The molecule has 3 N–H and O–H groups in total. The van der Waals surface area contributed by atoms with Gasteiger partial charge in [-0.05, 0) is 6.42 Å². The molecule has 0 aliphatic heterocycles. The van der Waals surface area contributed by atoms with E-state index in [1.807, 2.05) is 4.72 Å². The van der Waals surface area contributed by atoms with Gasteiger partial charge in [-0.1, -0.05) is 0 Å². The number of hydrogen-bond donors (Lipinski definition) is 2. The van der Waals surface area contributed by atoms with Crippen molar-refractivity contribution in [1.29, 1.82) is 0 Å². The van der Waals surface area contributed by atoms with E-state index in [1.165, 1.54) is 0 Å². The average molecular weight is 215 g/mol. The lowest BCUT2D eigenvalue weighted by Crippen LogP contribution is -2.34. The standard InChI is InChI=1S/C5H11ClN2O3S/c6-2-1-3-12(10,11)8-4-5(7)9/h8H,1-4H2,(H2,7,9). The molecule has 0 saturated heterocycles. The maximum absolute atomic E-state index is 10.9. The second kappa shape index (κ2) is 5.34. The van der Waals surface area contributed by atoms with Gasteiger partial charge in [0.2, 0.25) is 15.9 Å². The highest BCUT2D eigenvalue weighted by molar-refractivity contribution is 7.89. The molecule has 0 aliphatic carbocycles. The minimum Gasteiger partial charge on any atom is -0.369 e. The smallest absolute Gasteiger partial charge is 0.232 e. The van der Waals surface area contributed by atoms with Crippen molar-refractivity contribution in [2.45, 2.75) is 6.42 Å². The van der Waals surface area contributed by atoms with Crippen LogP contribution >= 0.6 is 11.6 Å². The minimum atomic E-state index is -3.37. The number of rotatable bonds is 6. The molecule has 7 heteroatoms. The first kappa shape index (κ1) is 11.7. The maximum Gasteiger partial charge on any atom is 0.232 e. The van der Waals surface area contributed by atoms with Gasteiger partial charge in [-0.15, -0.1) is 11.6 Å². The van der Waals surface area contributed by atoms with E-state index < -0.39 is 15.9 Å². The molecule has 0 spiro atoms. The summed E-state index contributed by atoms with van der Waals surface area (Å²) in [6.45, 7) is -0.357. The van der Waals surface area contributed by atoms with Gasteiger partial charge in [-0.2, -0.15) is 0 Å². The van der Waals surface area contributed by atoms with E-state index in [9.17, 15) is 13.2 Å². The first-order valence-electron chi connectivity index (χ1n) is 3.29. The number of hydrogen-bond acceptors (Lipinski definition) is 3. The predicted molar refractivity (Wildman–Crippen MR) is 46.3 cm³/mol. The normalized spacial score (nSPS) is 11.4. The summed E-state index contributed by atoms with van der Waals surface area (Å²) in [6.07, 6.45) is 0.357. The van der Waals surface area contributed by atoms with Crippen molar-refractivity contribution in [3.63, 3.8) is 0 Å². The first-order valence-corrected chi connectivity index (χ1v) is 5.48. The topological polar surface area (TPSA) is 89.3 Å². The number of carbonyl (C=O) groups is 1. The van der Waals surface area contributed by atoms with Gasteiger partial charge in [0.15, 0.2) is 0 Å². The lowest BCUT2D eigenvalue weighted by Gasteiger charge is -2.02. The zero-order chi connectivity index (χ0) is 9.61. The highest BCUT2D eigenvalue weighted by Gasteiger charge is 2.09. The second-order valence-electron chi connectivity index (χ2n) is 2.15. The molecule has 0 aliphatic rings. The van der Waals surface area contributed by atoms with Crippen LogP contribution in [0.2, 0.25) is 0 Å². The average Bonchev–Trinajstić information content (AvgIpc) is 1.98. The quantitative estimate of drug-likeness (QED) is 0.557. The van der Waals surface area contributed by atoms with Gasteiger partial charge in [-0.3, -0.25) is 4.79 Å². The van der Waals surface area contributed by atoms with Crippen LogP contribution in [-0.4, -0.2) is 32.5 Å². The molecular weight excluding hydrogens is 204 g/mol. The SMILES string of the molecule is NC(=O)CNS(=O)(=O)CCCCl. The Labute approximate surface area is 76.3 Å². The number of primary amides is 1. The van der Waals surface area contributed by atoms with Crippen LogP contribution in [0.15, 0.2) is 0 Å². The molecule has 0 fully saturated rings. The fraction of sp³-hybridized carbons (Fsp3) is 0.800. The Morgan fingerprint density at radius 2 is 2.08 bits per heavy atom. The number of nitrogens with two attached hydrogens (primary N) is 1. The number of carbonyl (C=O) groups excluding carboxylic acids is 1. The molecule has 0 aromatic rings. The van der Waals surface area contributed by atoms with Crippen LogP contribution in [0.5, 0.6) is 0 Å². The summed E-state index contributed by atoms with van der Waals surface area (Å²) in [7, 11) is -3.37. The van der Waals surface area contributed by atoms with Gasteiger partial charge in [0, 0.05) is 5.88 Å². The molecule has 0 rings (SSSR count). The van der Waals surface area contributed by atoms with Gasteiger partial charge < -0.3 is 5.73 Å². The van der Waals surface area contributed by atoms with Crippen molar-refractivity contribution in [3.05, 3.63) is 0 Å². The monoisotopic (exact) mass is 214 g/mol. The van der Waals surface area contributed by atoms with Crippen molar-refractivity contribution in [2.75, 3.05) is 18.2 Å². The number of sulfonamides is 1. The van der Waals surface area contributed by atoms with Crippen molar-refractivity contribution in [1.82, 2.24) is 4.72 Å². The third-order valence-corrected chi connectivity index (χ3v) is 2.69. The lowest BCUT2D eigenvalue weighted by atomic mass is 10.6. The van der Waals surface area contributed by atoms with E-state index in [0.717, 1.165) is 0 Å². The summed E-state index contributed by atoms with van der Waals surface area (Å²) in [5, 5.41) is 0. The Morgan fingerprint density at radius 3 is 2.50 bits per heavy atom. The van der Waals surface area contributed by atoms with Crippen LogP contribution in [0.1, 0.15) is 6.42 Å². The van der Waals surface area contributed by atoms with Gasteiger partial charge in [0.05, 0.1) is 12.3 Å². The molecule has 1 amide bonds. The third kappa shape index (κ3) is 6.38. The van der Waals surface area contributed by atoms with E-state index in [4.69, 9.17) is 17.3 Å². The highest BCUT2D eigenvalue weighted by atomic mass is 35.5. The van der Waals surface area contributed by atoms with Gasteiger partial charge in [0.1, 0.15) is 0 Å². The summed E-state index contributed by atoms with van der Waals surface area (Å²) < 4.78 is 23.9. The molecule has 0 aromatic heterocycles. The molecule has 0 aromatic carbocycles. The predicted octanol–water partition coefficient (Wildman–Crippen LogP) is -0.980. The van der Waals surface area contributed by atoms with Crippen LogP contribution < -0.4 is 10.5 Å². The largest absolute Gasteiger partial charge is 0.369 e. The Kier molecular flexibility index (Phi) is 5.19.